The molecule has 1 N–H and O–H groups in total. The SMILES string of the molecule is Cc1noc(C)c1CNC(=O)c1ccc(Cl)c(F)c1. The van der Waals surface area contributed by atoms with Crippen LogP contribution in [0.5, 0.6) is 0 Å². The topological polar surface area (TPSA) is 55.1 Å². The standard InChI is InChI=1S/C13H12ClFN2O2/c1-7-10(8(2)19-17-7)6-16-13(18)9-3-4-11(14)12(15)5-9/h3-5H,6H2,1-2H3,(H,16,18). The van der Waals surface area contributed by atoms with E-state index in [4.69, 9.17) is 16.1 Å². The number of benzene rings is 1. The summed E-state index contributed by atoms with van der Waals surface area (Å²) in [4.78, 5) is 11.9. The van der Waals surface area contributed by atoms with Gasteiger partial charge in [-0.25, -0.2) is 4.39 Å². The molecular formula is C13H12ClFN2O2. The maximum absolute atomic E-state index is 13.2. The van der Waals surface area contributed by atoms with Gasteiger partial charge in [0.15, 0.2) is 0 Å². The fourth-order valence-corrected chi connectivity index (χ4v) is 1.78. The average molecular weight is 283 g/mol. The van der Waals surface area contributed by atoms with E-state index < -0.39 is 5.82 Å². The molecule has 1 heterocycles. The smallest absolute Gasteiger partial charge is 0.251 e. The number of hydrogen-bond acceptors (Lipinski definition) is 3. The quantitative estimate of drug-likeness (QED) is 0.941. The zero-order chi connectivity index (χ0) is 14.0. The number of aromatic nitrogens is 1. The fraction of sp³-hybridized carbons (Fsp3) is 0.231. The lowest BCUT2D eigenvalue weighted by atomic mass is 10.2. The normalized spacial score (nSPS) is 10.5. The minimum atomic E-state index is -0.619. The van der Waals surface area contributed by atoms with Gasteiger partial charge in [0.05, 0.1) is 10.7 Å². The van der Waals surface area contributed by atoms with Gasteiger partial charge in [-0.3, -0.25) is 4.79 Å². The number of carbonyl (C=O) groups excluding carboxylic acids is 1. The van der Waals surface area contributed by atoms with Crippen LogP contribution < -0.4 is 5.32 Å². The van der Waals surface area contributed by atoms with E-state index in [1.165, 1.54) is 12.1 Å². The van der Waals surface area contributed by atoms with Crippen molar-refractivity contribution >= 4 is 17.5 Å². The predicted octanol–water partition coefficient (Wildman–Crippen LogP) is 3.01. The summed E-state index contributed by atoms with van der Waals surface area (Å²) < 4.78 is 18.2. The third kappa shape index (κ3) is 2.93. The van der Waals surface area contributed by atoms with Crippen molar-refractivity contribution < 1.29 is 13.7 Å². The molecule has 0 aliphatic rings. The monoisotopic (exact) mass is 282 g/mol. The van der Waals surface area contributed by atoms with Gasteiger partial charge >= 0.3 is 0 Å². The van der Waals surface area contributed by atoms with Crippen molar-refractivity contribution in [2.75, 3.05) is 0 Å². The van der Waals surface area contributed by atoms with Crippen LogP contribution in [0.25, 0.3) is 0 Å². The molecule has 2 rings (SSSR count). The Kier molecular flexibility index (Phi) is 3.85. The van der Waals surface area contributed by atoms with Crippen molar-refractivity contribution in [2.45, 2.75) is 20.4 Å². The fourth-order valence-electron chi connectivity index (χ4n) is 1.66. The molecule has 0 aliphatic carbocycles. The molecule has 2 aromatic rings. The molecule has 0 saturated heterocycles. The summed E-state index contributed by atoms with van der Waals surface area (Å²) in [5, 5.41) is 6.46. The Labute approximate surface area is 114 Å². The number of carbonyl (C=O) groups is 1. The Balaban J connectivity index is 2.07. The van der Waals surface area contributed by atoms with Crippen molar-refractivity contribution in [2.24, 2.45) is 0 Å². The molecular weight excluding hydrogens is 271 g/mol. The zero-order valence-corrected chi connectivity index (χ0v) is 11.2. The van der Waals surface area contributed by atoms with Gasteiger partial charge < -0.3 is 9.84 Å². The number of nitrogens with one attached hydrogen (secondary N) is 1. The number of nitrogens with zero attached hydrogens (tertiary/aromatic N) is 1. The number of hydrogen-bond donors (Lipinski definition) is 1. The summed E-state index contributed by atoms with van der Waals surface area (Å²) >= 11 is 5.56. The van der Waals surface area contributed by atoms with E-state index in [1.54, 1.807) is 13.8 Å². The number of halogens is 2. The van der Waals surface area contributed by atoms with Gasteiger partial charge in [-0.1, -0.05) is 16.8 Å². The van der Waals surface area contributed by atoms with Crippen LogP contribution >= 0.6 is 11.6 Å². The Morgan fingerprint density at radius 1 is 1.47 bits per heavy atom. The first-order valence-electron chi connectivity index (χ1n) is 5.64. The first-order valence-corrected chi connectivity index (χ1v) is 6.02. The third-order valence-corrected chi connectivity index (χ3v) is 3.10. The van der Waals surface area contributed by atoms with E-state index in [0.717, 1.165) is 17.3 Å². The van der Waals surface area contributed by atoms with E-state index in [9.17, 15) is 9.18 Å². The number of aryl methyl sites for hydroxylation is 2. The van der Waals surface area contributed by atoms with E-state index in [1.807, 2.05) is 0 Å². The summed E-state index contributed by atoms with van der Waals surface area (Å²) in [5.74, 6) is -0.345. The molecule has 0 radical (unpaired) electrons. The van der Waals surface area contributed by atoms with Crippen LogP contribution in [0.15, 0.2) is 22.7 Å². The van der Waals surface area contributed by atoms with Crippen LogP contribution in [-0.4, -0.2) is 11.1 Å². The molecule has 0 unspecified atom stereocenters. The van der Waals surface area contributed by atoms with Gasteiger partial charge in [0.1, 0.15) is 11.6 Å². The molecule has 0 saturated carbocycles. The highest BCUT2D eigenvalue weighted by Gasteiger charge is 2.12. The number of amides is 1. The lowest BCUT2D eigenvalue weighted by molar-refractivity contribution is 0.0950. The van der Waals surface area contributed by atoms with Crippen LogP contribution in [0.1, 0.15) is 27.4 Å². The minimum Gasteiger partial charge on any atom is -0.361 e. The molecule has 6 heteroatoms. The molecule has 0 bridgehead atoms. The second-order valence-corrected chi connectivity index (χ2v) is 4.52. The van der Waals surface area contributed by atoms with E-state index >= 15 is 0 Å². The van der Waals surface area contributed by atoms with Crippen molar-refractivity contribution in [3.8, 4) is 0 Å². The van der Waals surface area contributed by atoms with Gasteiger partial charge in [0.2, 0.25) is 0 Å². The molecule has 100 valence electrons. The molecule has 0 spiro atoms. The highest BCUT2D eigenvalue weighted by molar-refractivity contribution is 6.30. The maximum Gasteiger partial charge on any atom is 0.251 e. The van der Waals surface area contributed by atoms with Crippen LogP contribution in [0, 0.1) is 19.7 Å². The molecule has 0 aliphatic heterocycles. The van der Waals surface area contributed by atoms with E-state index in [-0.39, 0.29) is 23.0 Å². The predicted molar refractivity (Wildman–Crippen MR) is 68.6 cm³/mol. The molecule has 0 atom stereocenters. The summed E-state index contributed by atoms with van der Waals surface area (Å²) in [6, 6.07) is 3.92. The van der Waals surface area contributed by atoms with Crippen molar-refractivity contribution in [1.29, 1.82) is 0 Å². The van der Waals surface area contributed by atoms with Gasteiger partial charge in [-0.05, 0) is 32.0 Å². The van der Waals surface area contributed by atoms with Crippen LogP contribution in [0.4, 0.5) is 4.39 Å². The van der Waals surface area contributed by atoms with Crippen molar-refractivity contribution in [3.63, 3.8) is 0 Å². The highest BCUT2D eigenvalue weighted by atomic mass is 35.5. The molecule has 1 amide bonds. The second-order valence-electron chi connectivity index (χ2n) is 4.11. The van der Waals surface area contributed by atoms with Crippen LogP contribution in [0.3, 0.4) is 0 Å². The van der Waals surface area contributed by atoms with Gasteiger partial charge in [-0.15, -0.1) is 0 Å². The summed E-state index contributed by atoms with van der Waals surface area (Å²) in [6.07, 6.45) is 0. The van der Waals surface area contributed by atoms with Crippen molar-refractivity contribution in [3.05, 3.63) is 51.6 Å². The Bertz CT molecular complexity index is 606. The Morgan fingerprint density at radius 3 is 2.79 bits per heavy atom. The third-order valence-electron chi connectivity index (χ3n) is 2.79. The lowest BCUT2D eigenvalue weighted by Crippen LogP contribution is -2.23. The average Bonchev–Trinajstić information content (AvgIpc) is 2.69. The summed E-state index contributed by atoms with van der Waals surface area (Å²) in [7, 11) is 0. The molecule has 0 fully saturated rings. The summed E-state index contributed by atoms with van der Waals surface area (Å²) in [6.45, 7) is 3.84. The second kappa shape index (κ2) is 5.40. The first-order chi connectivity index (χ1) is 8.99. The highest BCUT2D eigenvalue weighted by Crippen LogP contribution is 2.16. The number of rotatable bonds is 3. The molecule has 1 aromatic heterocycles. The molecule has 1 aromatic carbocycles. The first kappa shape index (κ1) is 13.5. The van der Waals surface area contributed by atoms with Crippen LogP contribution in [-0.2, 0) is 6.54 Å². The lowest BCUT2D eigenvalue weighted by Gasteiger charge is -2.05. The van der Waals surface area contributed by atoms with E-state index in [2.05, 4.69) is 10.5 Å². The Hall–Kier alpha value is -1.88. The van der Waals surface area contributed by atoms with E-state index in [0.29, 0.717) is 5.76 Å². The van der Waals surface area contributed by atoms with Gasteiger partial charge in [0.25, 0.3) is 5.91 Å². The van der Waals surface area contributed by atoms with Gasteiger partial charge in [-0.2, -0.15) is 0 Å². The van der Waals surface area contributed by atoms with Crippen molar-refractivity contribution in [1.82, 2.24) is 10.5 Å². The summed E-state index contributed by atoms with van der Waals surface area (Å²) in [5.41, 5.74) is 1.76. The van der Waals surface area contributed by atoms with Crippen LogP contribution in [0.2, 0.25) is 5.02 Å². The Morgan fingerprint density at radius 2 is 2.21 bits per heavy atom. The zero-order valence-electron chi connectivity index (χ0n) is 10.5. The van der Waals surface area contributed by atoms with Gasteiger partial charge in [0, 0.05) is 17.7 Å². The maximum atomic E-state index is 13.2. The molecule has 4 nitrogen and oxygen atoms in total. The molecule has 19 heavy (non-hydrogen) atoms. The minimum absolute atomic E-state index is 0.0118. The largest absolute Gasteiger partial charge is 0.361 e.